The van der Waals surface area contributed by atoms with Crippen LogP contribution in [0.1, 0.15) is 0 Å². The maximum absolute atomic E-state index is 10.6. The van der Waals surface area contributed by atoms with Gasteiger partial charge in [-0.25, -0.2) is 0 Å². The molecule has 1 aliphatic rings. The van der Waals surface area contributed by atoms with E-state index in [9.17, 15) is 4.79 Å². The first-order chi connectivity index (χ1) is 7.79. The summed E-state index contributed by atoms with van der Waals surface area (Å²) in [5, 5.41) is 20.6. The topological polar surface area (TPSA) is 80.8 Å². The van der Waals surface area contributed by atoms with Gasteiger partial charge in [0.1, 0.15) is 0 Å². The Bertz CT molecular complexity index is 198. The first-order valence-electron chi connectivity index (χ1n) is 5.70. The molecule has 1 saturated heterocycles. The minimum atomic E-state index is -0.776. The number of nitrogens with zero attached hydrogens (tertiary/aromatic N) is 3. The minimum Gasteiger partial charge on any atom is -0.663 e. The zero-order valence-corrected chi connectivity index (χ0v) is 16.4. The second kappa shape index (κ2) is 14.9. The molecular weight excluding hydrogens is 386 g/mol. The minimum absolute atomic E-state index is 0. The number of aliphatic carboxylic acids is 1. The molecule has 18 heavy (non-hydrogen) atoms. The van der Waals surface area contributed by atoms with Crippen molar-refractivity contribution < 1.29 is 75.3 Å². The molecule has 0 aromatic carbocycles. The smallest absolute Gasteiger partial charge is 0.317 e. The molecule has 0 bridgehead atoms. The number of hydrogen-bond acceptors (Lipinski definition) is 3. The quantitative estimate of drug-likeness (QED) is 0.662. The van der Waals surface area contributed by atoms with Crippen LogP contribution < -0.4 is 5.32 Å². The van der Waals surface area contributed by atoms with Crippen LogP contribution in [0.15, 0.2) is 0 Å². The van der Waals surface area contributed by atoms with E-state index >= 15 is 0 Å². The molecular formula is C10H20N4O2Y2-2. The Balaban J connectivity index is 0. The molecule has 0 atom stereocenters. The van der Waals surface area contributed by atoms with Crippen molar-refractivity contribution in [1.82, 2.24) is 10.2 Å². The molecule has 8 heteroatoms. The molecule has 0 aliphatic carbocycles. The Kier molecular flexibility index (Phi) is 18.1. The van der Waals surface area contributed by atoms with E-state index in [2.05, 4.69) is 16.0 Å². The second-order valence-electron chi connectivity index (χ2n) is 3.76. The molecule has 1 rings (SSSR count). The number of carboxylic acid groups (broad SMARTS) is 1. The Morgan fingerprint density at radius 3 is 2.39 bits per heavy atom. The Morgan fingerprint density at radius 2 is 1.72 bits per heavy atom. The number of nitrogens with one attached hydrogen (secondary N) is 1. The fraction of sp³-hybridized carbons (Fsp3) is 0.900. The average molecular weight is 406 g/mol. The van der Waals surface area contributed by atoms with Crippen LogP contribution >= 0.6 is 0 Å². The van der Waals surface area contributed by atoms with Crippen molar-refractivity contribution >= 4 is 5.97 Å². The number of hydrogen-bond donors (Lipinski definition) is 2. The Labute approximate surface area is 159 Å². The molecule has 0 aromatic heterocycles. The van der Waals surface area contributed by atoms with Crippen molar-refractivity contribution in [3.63, 3.8) is 0 Å². The van der Waals surface area contributed by atoms with Gasteiger partial charge >= 0.3 is 5.97 Å². The van der Waals surface area contributed by atoms with E-state index in [1.165, 1.54) is 0 Å². The Hall–Kier alpha value is 1.52. The normalized spacial score (nSPS) is 19.6. The summed E-state index contributed by atoms with van der Waals surface area (Å²) >= 11 is 0. The Morgan fingerprint density at radius 1 is 1.06 bits per heavy atom. The molecule has 2 radical (unpaired) electrons. The van der Waals surface area contributed by atoms with Gasteiger partial charge in [0.15, 0.2) is 0 Å². The van der Waals surface area contributed by atoms with Crippen molar-refractivity contribution in [1.29, 1.82) is 0 Å². The molecule has 0 unspecified atom stereocenters. The summed E-state index contributed by atoms with van der Waals surface area (Å²) < 4.78 is 0. The van der Waals surface area contributed by atoms with Crippen LogP contribution in [0, 0.1) is 0 Å². The van der Waals surface area contributed by atoms with Crippen LogP contribution in [0.2, 0.25) is 0 Å². The summed E-state index contributed by atoms with van der Waals surface area (Å²) in [5.74, 6) is -0.776. The molecule has 2 N–H and O–H groups in total. The van der Waals surface area contributed by atoms with Gasteiger partial charge in [-0.2, -0.15) is 13.1 Å². The van der Waals surface area contributed by atoms with Gasteiger partial charge in [0, 0.05) is 78.5 Å². The van der Waals surface area contributed by atoms with Gasteiger partial charge in [-0.3, -0.25) is 9.69 Å². The van der Waals surface area contributed by atoms with Gasteiger partial charge in [-0.05, 0) is 13.1 Å². The predicted octanol–water partition coefficient (Wildman–Crippen LogP) is -0.281. The van der Waals surface area contributed by atoms with Gasteiger partial charge in [-0.1, -0.05) is 0 Å². The molecule has 6 nitrogen and oxygen atoms in total. The van der Waals surface area contributed by atoms with Gasteiger partial charge in [0.2, 0.25) is 0 Å². The van der Waals surface area contributed by atoms with Gasteiger partial charge in [0.05, 0.1) is 6.54 Å². The summed E-state index contributed by atoms with van der Waals surface area (Å²) in [5.41, 5.74) is 0. The standard InChI is InChI=1S/C10H20N4O2.2Y/c15-10(16)9-14-7-5-12-3-1-11-2-4-13-6-8-14;;/h12H,1-9H2,(H,15,16);;/q-2;;. The summed E-state index contributed by atoms with van der Waals surface area (Å²) in [6, 6.07) is 0. The van der Waals surface area contributed by atoms with Gasteiger partial charge in [-0.15, -0.1) is 13.1 Å². The van der Waals surface area contributed by atoms with Crippen LogP contribution in [0.4, 0.5) is 0 Å². The first kappa shape index (κ1) is 21.8. The van der Waals surface area contributed by atoms with Crippen LogP contribution in [0.5, 0.6) is 0 Å². The monoisotopic (exact) mass is 406 g/mol. The predicted molar refractivity (Wildman–Crippen MR) is 63.1 cm³/mol. The van der Waals surface area contributed by atoms with Crippen molar-refractivity contribution in [3.8, 4) is 0 Å². The van der Waals surface area contributed by atoms with Crippen molar-refractivity contribution in [3.05, 3.63) is 10.6 Å². The summed E-state index contributed by atoms with van der Waals surface area (Å²) in [6.07, 6.45) is 0. The molecule has 100 valence electrons. The largest absolute Gasteiger partial charge is 0.663 e. The van der Waals surface area contributed by atoms with E-state index in [0.29, 0.717) is 13.1 Å². The third-order valence-electron chi connectivity index (χ3n) is 2.40. The zero-order valence-electron chi connectivity index (χ0n) is 10.7. The van der Waals surface area contributed by atoms with Crippen LogP contribution in [-0.2, 0) is 70.2 Å². The molecule has 0 aromatic rings. The van der Waals surface area contributed by atoms with Crippen molar-refractivity contribution in [2.24, 2.45) is 0 Å². The van der Waals surface area contributed by atoms with E-state index < -0.39 is 5.97 Å². The van der Waals surface area contributed by atoms with Gasteiger partial charge in [0.25, 0.3) is 0 Å². The van der Waals surface area contributed by atoms with E-state index in [1.54, 1.807) is 0 Å². The SMILES string of the molecule is O=C(O)CN1CC[N-]CC[N-]CCNCC1.[Y].[Y]. The van der Waals surface area contributed by atoms with Crippen LogP contribution in [0.3, 0.4) is 0 Å². The van der Waals surface area contributed by atoms with Crippen LogP contribution in [-0.4, -0.2) is 74.9 Å². The summed E-state index contributed by atoms with van der Waals surface area (Å²) in [6.45, 7) is 6.28. The van der Waals surface area contributed by atoms with E-state index in [0.717, 1.165) is 39.3 Å². The van der Waals surface area contributed by atoms with E-state index in [1.807, 2.05) is 4.90 Å². The third-order valence-corrected chi connectivity index (χ3v) is 2.40. The summed E-state index contributed by atoms with van der Waals surface area (Å²) in [7, 11) is 0. The summed E-state index contributed by atoms with van der Waals surface area (Å²) in [4.78, 5) is 12.5. The first-order valence-corrected chi connectivity index (χ1v) is 5.70. The maximum atomic E-state index is 10.6. The molecule has 1 aliphatic heterocycles. The fourth-order valence-electron chi connectivity index (χ4n) is 1.56. The average Bonchev–Trinajstić information content (AvgIpc) is 2.21. The van der Waals surface area contributed by atoms with Crippen molar-refractivity contribution in [2.75, 3.05) is 58.9 Å². The molecule has 0 spiro atoms. The van der Waals surface area contributed by atoms with E-state index in [-0.39, 0.29) is 72.0 Å². The van der Waals surface area contributed by atoms with Crippen LogP contribution in [0.25, 0.3) is 10.6 Å². The molecule has 1 fully saturated rings. The number of carboxylic acids is 1. The van der Waals surface area contributed by atoms with Gasteiger partial charge < -0.3 is 21.1 Å². The maximum Gasteiger partial charge on any atom is 0.317 e. The zero-order chi connectivity index (χ0) is 11.6. The number of carbonyl (C=O) groups is 1. The van der Waals surface area contributed by atoms with E-state index in [4.69, 9.17) is 5.11 Å². The van der Waals surface area contributed by atoms with Crippen molar-refractivity contribution in [2.45, 2.75) is 0 Å². The molecule has 0 saturated carbocycles. The number of rotatable bonds is 2. The molecule has 0 amide bonds. The second-order valence-corrected chi connectivity index (χ2v) is 3.76. The molecule has 1 heterocycles. The fourth-order valence-corrected chi connectivity index (χ4v) is 1.56. The third kappa shape index (κ3) is 12.5.